The lowest BCUT2D eigenvalue weighted by molar-refractivity contribution is 0.0949. The lowest BCUT2D eigenvalue weighted by atomic mass is 10.1. The average Bonchev–Trinajstić information content (AvgIpc) is 3.35. The standard InChI is InChI=1S/C21H27ClN6O2/c1-2-3-7-12-23-19-18(26-21(22)27-19)20(29)24-13-8-11-17-25-16(28-30-17)14-15-9-5-4-6-10-15/h4-6,9-10,23H,2-3,7-8,11-14H2,1H3,(H,24,29)(H,26,27). The minimum Gasteiger partial charge on any atom is -0.368 e. The molecule has 0 unspecified atom stereocenters. The number of nitrogens with zero attached hydrogens (tertiary/aromatic N) is 3. The molecule has 2 aromatic heterocycles. The summed E-state index contributed by atoms with van der Waals surface area (Å²) in [6, 6.07) is 10.00. The highest BCUT2D eigenvalue weighted by atomic mass is 35.5. The molecule has 0 saturated carbocycles. The molecular weight excluding hydrogens is 404 g/mol. The van der Waals surface area contributed by atoms with Gasteiger partial charge in [0, 0.05) is 25.9 Å². The van der Waals surface area contributed by atoms with Crippen LogP contribution in [-0.2, 0) is 12.8 Å². The third kappa shape index (κ3) is 6.59. The first-order valence-electron chi connectivity index (χ1n) is 10.3. The Balaban J connectivity index is 1.42. The van der Waals surface area contributed by atoms with Crippen molar-refractivity contribution in [1.82, 2.24) is 25.4 Å². The molecule has 8 nitrogen and oxygen atoms in total. The van der Waals surface area contributed by atoms with Crippen molar-refractivity contribution in [3.63, 3.8) is 0 Å². The predicted molar refractivity (Wildman–Crippen MR) is 116 cm³/mol. The maximum Gasteiger partial charge on any atom is 0.271 e. The summed E-state index contributed by atoms with van der Waals surface area (Å²) in [7, 11) is 0. The number of carbonyl (C=O) groups is 1. The number of unbranched alkanes of at least 4 members (excludes halogenated alkanes) is 2. The van der Waals surface area contributed by atoms with Crippen molar-refractivity contribution in [3.05, 3.63) is 58.6 Å². The molecule has 2 heterocycles. The van der Waals surface area contributed by atoms with E-state index in [1.165, 1.54) is 0 Å². The van der Waals surface area contributed by atoms with Gasteiger partial charge in [-0.1, -0.05) is 55.3 Å². The van der Waals surface area contributed by atoms with E-state index in [1.807, 2.05) is 30.3 Å². The maximum absolute atomic E-state index is 12.5. The summed E-state index contributed by atoms with van der Waals surface area (Å²) in [5.74, 6) is 1.46. The average molecular weight is 431 g/mol. The van der Waals surface area contributed by atoms with Gasteiger partial charge in [-0.2, -0.15) is 4.98 Å². The van der Waals surface area contributed by atoms with Crippen LogP contribution in [0.3, 0.4) is 0 Å². The van der Waals surface area contributed by atoms with Crippen LogP contribution in [0.2, 0.25) is 5.28 Å². The van der Waals surface area contributed by atoms with E-state index in [2.05, 4.69) is 37.7 Å². The molecule has 0 radical (unpaired) electrons. The summed E-state index contributed by atoms with van der Waals surface area (Å²) >= 11 is 5.94. The van der Waals surface area contributed by atoms with Crippen LogP contribution in [0.5, 0.6) is 0 Å². The van der Waals surface area contributed by atoms with Gasteiger partial charge in [-0.3, -0.25) is 4.79 Å². The Labute approximate surface area is 180 Å². The smallest absolute Gasteiger partial charge is 0.271 e. The van der Waals surface area contributed by atoms with Gasteiger partial charge in [-0.05, 0) is 30.0 Å². The molecule has 0 aliphatic heterocycles. The van der Waals surface area contributed by atoms with Crippen LogP contribution in [0.4, 0.5) is 5.82 Å². The van der Waals surface area contributed by atoms with Crippen molar-refractivity contribution in [2.24, 2.45) is 0 Å². The fraction of sp³-hybridized carbons (Fsp3) is 0.429. The van der Waals surface area contributed by atoms with E-state index in [-0.39, 0.29) is 11.2 Å². The van der Waals surface area contributed by atoms with Gasteiger partial charge in [0.05, 0.1) is 0 Å². The first kappa shape index (κ1) is 21.8. The SMILES string of the molecule is CCCCCNc1nc(Cl)[nH]c1C(=O)NCCCc1nc(Cc2ccccc2)no1. The van der Waals surface area contributed by atoms with E-state index < -0.39 is 0 Å². The third-order valence-corrected chi connectivity index (χ3v) is 4.72. The van der Waals surface area contributed by atoms with Gasteiger partial charge >= 0.3 is 0 Å². The zero-order valence-corrected chi connectivity index (χ0v) is 17.8. The number of nitrogens with one attached hydrogen (secondary N) is 3. The maximum atomic E-state index is 12.5. The van der Waals surface area contributed by atoms with Crippen LogP contribution in [0.15, 0.2) is 34.9 Å². The van der Waals surface area contributed by atoms with Crippen LogP contribution < -0.4 is 10.6 Å². The van der Waals surface area contributed by atoms with Gasteiger partial charge < -0.3 is 20.1 Å². The molecule has 0 atom stereocenters. The van der Waals surface area contributed by atoms with Gasteiger partial charge in [-0.15, -0.1) is 0 Å². The van der Waals surface area contributed by atoms with E-state index in [1.54, 1.807) is 0 Å². The molecule has 3 N–H and O–H groups in total. The molecule has 3 rings (SSSR count). The number of hydrogen-bond acceptors (Lipinski definition) is 6. The fourth-order valence-corrected chi connectivity index (χ4v) is 3.17. The van der Waals surface area contributed by atoms with Crippen LogP contribution in [0, 0.1) is 0 Å². The zero-order chi connectivity index (χ0) is 21.2. The first-order valence-corrected chi connectivity index (χ1v) is 10.7. The Morgan fingerprint density at radius 3 is 2.77 bits per heavy atom. The molecule has 0 spiro atoms. The van der Waals surface area contributed by atoms with Gasteiger partial charge in [0.2, 0.25) is 11.2 Å². The zero-order valence-electron chi connectivity index (χ0n) is 17.1. The van der Waals surface area contributed by atoms with Gasteiger partial charge in [0.1, 0.15) is 5.69 Å². The predicted octanol–water partition coefficient (Wildman–Crippen LogP) is 4.00. The van der Waals surface area contributed by atoms with E-state index in [0.717, 1.165) is 31.4 Å². The molecule has 1 aromatic carbocycles. The molecule has 0 fully saturated rings. The van der Waals surface area contributed by atoms with Gasteiger partial charge in [0.15, 0.2) is 11.6 Å². The number of aromatic amines is 1. The number of rotatable bonds is 12. The van der Waals surface area contributed by atoms with E-state index in [4.69, 9.17) is 16.1 Å². The van der Waals surface area contributed by atoms with Crippen LogP contribution in [0.25, 0.3) is 0 Å². The number of halogens is 1. The second kappa shape index (κ2) is 11.3. The molecule has 0 aliphatic rings. The van der Waals surface area contributed by atoms with Gasteiger partial charge in [-0.25, -0.2) is 4.98 Å². The van der Waals surface area contributed by atoms with E-state index in [0.29, 0.717) is 49.0 Å². The monoisotopic (exact) mass is 430 g/mol. The van der Waals surface area contributed by atoms with Crippen molar-refractivity contribution in [3.8, 4) is 0 Å². The molecule has 3 aromatic rings. The molecule has 0 bridgehead atoms. The molecule has 1 amide bonds. The summed E-state index contributed by atoms with van der Waals surface area (Å²) in [6.45, 7) is 3.36. The van der Waals surface area contributed by atoms with Crippen molar-refractivity contribution in [2.75, 3.05) is 18.4 Å². The number of carbonyl (C=O) groups excluding carboxylic acids is 1. The normalized spacial score (nSPS) is 10.9. The lowest BCUT2D eigenvalue weighted by Crippen LogP contribution is -2.26. The molecule has 30 heavy (non-hydrogen) atoms. The number of aryl methyl sites for hydroxylation is 1. The highest BCUT2D eigenvalue weighted by Crippen LogP contribution is 2.16. The molecule has 0 saturated heterocycles. The fourth-order valence-electron chi connectivity index (χ4n) is 2.99. The van der Waals surface area contributed by atoms with Crippen molar-refractivity contribution >= 4 is 23.3 Å². The number of amides is 1. The highest BCUT2D eigenvalue weighted by Gasteiger charge is 2.16. The number of aromatic nitrogens is 4. The van der Waals surface area contributed by atoms with Crippen molar-refractivity contribution < 1.29 is 9.32 Å². The Morgan fingerprint density at radius 1 is 1.13 bits per heavy atom. The van der Waals surface area contributed by atoms with Crippen molar-refractivity contribution in [1.29, 1.82) is 0 Å². The topological polar surface area (TPSA) is 109 Å². The summed E-state index contributed by atoms with van der Waals surface area (Å²) < 4.78 is 5.30. The minimum atomic E-state index is -0.248. The number of H-pyrrole nitrogens is 1. The number of anilines is 1. The number of hydrogen-bond donors (Lipinski definition) is 3. The summed E-state index contributed by atoms with van der Waals surface area (Å²) in [6.07, 6.45) is 5.17. The van der Waals surface area contributed by atoms with Crippen LogP contribution in [-0.4, -0.2) is 39.1 Å². The number of benzene rings is 1. The third-order valence-electron chi connectivity index (χ3n) is 4.54. The largest absolute Gasteiger partial charge is 0.368 e. The molecule has 9 heteroatoms. The number of imidazole rings is 1. The molecule has 0 aliphatic carbocycles. The van der Waals surface area contributed by atoms with Crippen LogP contribution in [0.1, 0.15) is 60.4 Å². The van der Waals surface area contributed by atoms with E-state index in [9.17, 15) is 4.79 Å². The highest BCUT2D eigenvalue weighted by molar-refractivity contribution is 6.28. The minimum absolute atomic E-state index is 0.190. The Bertz CT molecular complexity index is 925. The Hall–Kier alpha value is -2.87. The van der Waals surface area contributed by atoms with Gasteiger partial charge in [0.25, 0.3) is 5.91 Å². The van der Waals surface area contributed by atoms with Crippen molar-refractivity contribution in [2.45, 2.75) is 45.4 Å². The van der Waals surface area contributed by atoms with E-state index >= 15 is 0 Å². The Kier molecular flexibility index (Phi) is 8.26. The van der Waals surface area contributed by atoms with Crippen LogP contribution >= 0.6 is 11.6 Å². The lowest BCUT2D eigenvalue weighted by Gasteiger charge is -2.06. The Morgan fingerprint density at radius 2 is 1.97 bits per heavy atom. The summed E-state index contributed by atoms with van der Waals surface area (Å²) in [5.41, 5.74) is 1.48. The second-order valence-electron chi connectivity index (χ2n) is 7.01. The quantitative estimate of drug-likeness (QED) is 0.375. The second-order valence-corrected chi connectivity index (χ2v) is 7.37. The molecule has 160 valence electrons. The first-order chi connectivity index (χ1) is 14.7. The summed E-state index contributed by atoms with van der Waals surface area (Å²) in [5, 5.41) is 10.2. The summed E-state index contributed by atoms with van der Waals surface area (Å²) in [4.78, 5) is 23.8. The molecular formula is C21H27ClN6O2.